The quantitative estimate of drug-likeness (QED) is 0.421. The number of rotatable bonds is 7. The minimum Gasteiger partial charge on any atom is -0.493 e. The molecule has 3 aromatic rings. The zero-order valence-electron chi connectivity index (χ0n) is 16.1. The van der Waals surface area contributed by atoms with Crippen LogP contribution in [0, 0.1) is 11.3 Å². The first-order chi connectivity index (χ1) is 14.4. The van der Waals surface area contributed by atoms with Gasteiger partial charge in [-0.05, 0) is 53.6 Å². The van der Waals surface area contributed by atoms with Gasteiger partial charge in [0.2, 0.25) is 9.84 Å². The summed E-state index contributed by atoms with van der Waals surface area (Å²) in [7, 11) is -2.42. The normalized spacial score (nSPS) is 11.6. The molecule has 152 valence electrons. The van der Waals surface area contributed by atoms with E-state index >= 15 is 0 Å². The summed E-state index contributed by atoms with van der Waals surface area (Å²) >= 11 is 3.27. The smallest absolute Gasteiger partial charge is 0.216 e. The molecule has 0 amide bonds. The molecule has 0 saturated heterocycles. The van der Waals surface area contributed by atoms with Gasteiger partial charge in [-0.25, -0.2) is 8.42 Å². The number of sulfone groups is 1. The van der Waals surface area contributed by atoms with Crippen LogP contribution < -0.4 is 9.47 Å². The summed E-state index contributed by atoms with van der Waals surface area (Å²) < 4.78 is 37.6. The average molecular weight is 484 g/mol. The first-order valence-electron chi connectivity index (χ1n) is 8.91. The predicted octanol–water partition coefficient (Wildman–Crippen LogP) is 5.38. The number of hydrogen-bond donors (Lipinski definition) is 0. The molecule has 0 saturated carbocycles. The van der Waals surface area contributed by atoms with Crippen LogP contribution in [0.5, 0.6) is 11.5 Å². The number of nitrogens with zero attached hydrogens (tertiary/aromatic N) is 1. The van der Waals surface area contributed by atoms with E-state index in [2.05, 4.69) is 15.9 Å². The molecular weight excluding hydrogens is 466 g/mol. The lowest BCUT2D eigenvalue weighted by molar-refractivity contribution is 0.284. The van der Waals surface area contributed by atoms with Crippen LogP contribution in [-0.2, 0) is 16.4 Å². The Kier molecular flexibility index (Phi) is 6.93. The molecule has 0 aliphatic rings. The van der Waals surface area contributed by atoms with Crippen molar-refractivity contribution in [1.29, 1.82) is 5.26 Å². The molecule has 0 atom stereocenters. The predicted molar refractivity (Wildman–Crippen MR) is 119 cm³/mol. The fraction of sp³-hybridized carbons (Fsp3) is 0.0870. The van der Waals surface area contributed by atoms with Gasteiger partial charge in [0.1, 0.15) is 17.6 Å². The number of hydrogen-bond acceptors (Lipinski definition) is 5. The van der Waals surface area contributed by atoms with Crippen LogP contribution in [0.4, 0.5) is 0 Å². The first-order valence-corrected chi connectivity index (χ1v) is 11.2. The Hall–Kier alpha value is -3.08. The zero-order valence-corrected chi connectivity index (χ0v) is 18.5. The third-order valence-electron chi connectivity index (χ3n) is 4.25. The Morgan fingerprint density at radius 1 is 1.03 bits per heavy atom. The second-order valence-corrected chi connectivity index (χ2v) is 9.10. The number of halogens is 1. The molecule has 0 aliphatic heterocycles. The van der Waals surface area contributed by atoms with E-state index in [1.807, 2.05) is 30.3 Å². The van der Waals surface area contributed by atoms with Gasteiger partial charge in [0, 0.05) is 4.47 Å². The molecule has 0 bridgehead atoms. The van der Waals surface area contributed by atoms with E-state index in [4.69, 9.17) is 9.47 Å². The average Bonchev–Trinajstić information content (AvgIpc) is 2.77. The van der Waals surface area contributed by atoms with Crippen molar-refractivity contribution in [2.24, 2.45) is 0 Å². The maximum atomic E-state index is 12.8. The third kappa shape index (κ3) is 5.09. The standard InChI is InChI=1S/C23H18BrNO4S/c1-28-22-12-7-18(14-23(22)29-16-17-5-3-2-4-6-17)13-21(15-25)30(26,27)20-10-8-19(24)9-11-20/h2-14H,16H2,1H3. The molecule has 0 aliphatic carbocycles. The highest BCUT2D eigenvalue weighted by Crippen LogP contribution is 2.31. The van der Waals surface area contributed by atoms with Crippen molar-refractivity contribution in [1.82, 2.24) is 0 Å². The van der Waals surface area contributed by atoms with Crippen molar-refractivity contribution in [2.45, 2.75) is 11.5 Å². The molecule has 0 aromatic heterocycles. The van der Waals surface area contributed by atoms with E-state index in [1.165, 1.54) is 25.3 Å². The first kappa shape index (κ1) is 21.6. The molecule has 3 aromatic carbocycles. The molecule has 30 heavy (non-hydrogen) atoms. The maximum absolute atomic E-state index is 12.8. The largest absolute Gasteiger partial charge is 0.493 e. The Balaban J connectivity index is 1.92. The van der Waals surface area contributed by atoms with Crippen molar-refractivity contribution in [2.75, 3.05) is 7.11 Å². The molecule has 0 N–H and O–H groups in total. The Morgan fingerprint density at radius 3 is 2.37 bits per heavy atom. The second kappa shape index (κ2) is 9.61. The van der Waals surface area contributed by atoms with Crippen LogP contribution in [0.15, 0.2) is 87.1 Å². The monoisotopic (exact) mass is 483 g/mol. The fourth-order valence-electron chi connectivity index (χ4n) is 2.69. The zero-order chi connectivity index (χ0) is 21.6. The number of methoxy groups -OCH3 is 1. The van der Waals surface area contributed by atoms with Gasteiger partial charge in [0.05, 0.1) is 12.0 Å². The van der Waals surface area contributed by atoms with E-state index in [0.717, 1.165) is 10.0 Å². The SMILES string of the molecule is COc1ccc(C=C(C#N)S(=O)(=O)c2ccc(Br)cc2)cc1OCc1ccccc1. The van der Waals surface area contributed by atoms with Crippen molar-refractivity contribution < 1.29 is 17.9 Å². The number of ether oxygens (including phenoxy) is 2. The van der Waals surface area contributed by atoms with Gasteiger partial charge in [-0.1, -0.05) is 52.3 Å². The van der Waals surface area contributed by atoms with E-state index in [-0.39, 0.29) is 9.80 Å². The van der Waals surface area contributed by atoms with Crippen molar-refractivity contribution in [3.8, 4) is 17.6 Å². The Labute approximate surface area is 184 Å². The van der Waals surface area contributed by atoms with Gasteiger partial charge in [-0.2, -0.15) is 5.26 Å². The summed E-state index contributed by atoms with van der Waals surface area (Å²) in [5.74, 6) is 0.964. The van der Waals surface area contributed by atoms with Crippen LogP contribution in [0.1, 0.15) is 11.1 Å². The van der Waals surface area contributed by atoms with Gasteiger partial charge in [-0.15, -0.1) is 0 Å². The van der Waals surface area contributed by atoms with Crippen molar-refractivity contribution in [3.05, 3.63) is 93.3 Å². The summed E-state index contributed by atoms with van der Waals surface area (Å²) in [6.45, 7) is 0.326. The van der Waals surface area contributed by atoms with E-state index in [1.54, 1.807) is 36.4 Å². The Bertz CT molecular complexity index is 1200. The minimum atomic E-state index is -3.94. The van der Waals surface area contributed by atoms with E-state index in [9.17, 15) is 13.7 Å². The molecule has 7 heteroatoms. The lowest BCUT2D eigenvalue weighted by atomic mass is 10.2. The summed E-state index contributed by atoms with van der Waals surface area (Å²) in [5, 5.41) is 9.50. The summed E-state index contributed by atoms with van der Waals surface area (Å²) in [5.41, 5.74) is 1.49. The van der Waals surface area contributed by atoms with E-state index < -0.39 is 9.84 Å². The molecule has 0 heterocycles. The summed E-state index contributed by atoms with van der Waals surface area (Å²) in [6, 6.07) is 22.6. The summed E-state index contributed by atoms with van der Waals surface area (Å²) in [6.07, 6.45) is 1.33. The molecule has 3 rings (SSSR count). The van der Waals surface area contributed by atoms with Gasteiger partial charge in [-0.3, -0.25) is 0 Å². The number of allylic oxidation sites excluding steroid dienone is 1. The van der Waals surface area contributed by atoms with Gasteiger partial charge in [0.15, 0.2) is 11.5 Å². The molecule has 0 radical (unpaired) electrons. The fourth-order valence-corrected chi connectivity index (χ4v) is 4.12. The summed E-state index contributed by atoms with van der Waals surface area (Å²) in [4.78, 5) is -0.309. The lowest BCUT2D eigenvalue weighted by Crippen LogP contribution is -2.03. The number of benzene rings is 3. The van der Waals surface area contributed by atoms with E-state index in [0.29, 0.717) is 23.7 Å². The molecular formula is C23H18BrNO4S. The maximum Gasteiger partial charge on any atom is 0.216 e. The van der Waals surface area contributed by atoms with Crippen LogP contribution in [0.25, 0.3) is 6.08 Å². The third-order valence-corrected chi connectivity index (χ3v) is 6.46. The molecule has 0 fully saturated rings. The van der Waals surface area contributed by atoms with Crippen molar-refractivity contribution >= 4 is 31.8 Å². The number of nitriles is 1. The van der Waals surface area contributed by atoms with Crippen molar-refractivity contribution in [3.63, 3.8) is 0 Å². The highest BCUT2D eigenvalue weighted by atomic mass is 79.9. The topological polar surface area (TPSA) is 76.4 Å². The molecule has 0 unspecified atom stereocenters. The highest BCUT2D eigenvalue weighted by molar-refractivity contribution is 9.10. The van der Waals surface area contributed by atoms with Gasteiger partial charge in [0.25, 0.3) is 0 Å². The van der Waals surface area contributed by atoms with Crippen LogP contribution in [0.3, 0.4) is 0 Å². The van der Waals surface area contributed by atoms with Gasteiger partial charge >= 0.3 is 0 Å². The van der Waals surface area contributed by atoms with Crippen LogP contribution >= 0.6 is 15.9 Å². The molecule has 0 spiro atoms. The van der Waals surface area contributed by atoms with Gasteiger partial charge < -0.3 is 9.47 Å². The lowest BCUT2D eigenvalue weighted by Gasteiger charge is -2.12. The Morgan fingerprint density at radius 2 is 1.73 bits per heavy atom. The minimum absolute atomic E-state index is 0.0487. The van der Waals surface area contributed by atoms with Crippen LogP contribution in [0.2, 0.25) is 0 Å². The molecule has 5 nitrogen and oxygen atoms in total. The second-order valence-electron chi connectivity index (χ2n) is 6.26. The van der Waals surface area contributed by atoms with Crippen LogP contribution in [-0.4, -0.2) is 15.5 Å². The highest BCUT2D eigenvalue weighted by Gasteiger charge is 2.21.